The molecule has 0 saturated carbocycles. The molecule has 1 heterocycles. The van der Waals surface area contributed by atoms with Gasteiger partial charge in [-0.05, 0) is 29.8 Å². The van der Waals surface area contributed by atoms with Crippen LogP contribution in [0.15, 0.2) is 41.4 Å². The number of aliphatic imine (C=N–C) groups is 1. The molecule has 1 aromatic heterocycles. The third-order valence-corrected chi connectivity index (χ3v) is 3.18. The Hall–Kier alpha value is -2.23. The Morgan fingerprint density at radius 1 is 1.14 bits per heavy atom. The maximum absolute atomic E-state index is 5.99. The van der Waals surface area contributed by atoms with Crippen LogP contribution < -0.4 is 9.47 Å². The third-order valence-electron chi connectivity index (χ3n) is 3.09. The Morgan fingerprint density at radius 2 is 1.86 bits per heavy atom. The molecule has 114 valence electrons. The molecule has 0 aliphatic heterocycles. The summed E-state index contributed by atoms with van der Waals surface area (Å²) in [6, 6.07) is 11.3. The summed E-state index contributed by atoms with van der Waals surface area (Å²) in [5.74, 6) is 1.52. The predicted octanol–water partition coefficient (Wildman–Crippen LogP) is 4.91. The molecule has 1 aromatic carbocycles. The van der Waals surface area contributed by atoms with Gasteiger partial charge >= 0.3 is 0 Å². The number of aromatic nitrogens is 1. The Kier molecular flexibility index (Phi) is 4.91. The number of benzene rings is 1. The van der Waals surface area contributed by atoms with Gasteiger partial charge in [0.15, 0.2) is 0 Å². The average Bonchev–Trinajstić information content (AvgIpc) is 2.48. The van der Waals surface area contributed by atoms with Crippen molar-refractivity contribution < 1.29 is 9.47 Å². The van der Waals surface area contributed by atoms with Crippen molar-refractivity contribution in [1.82, 2.24) is 4.98 Å². The lowest BCUT2D eigenvalue weighted by Crippen LogP contribution is -2.12. The van der Waals surface area contributed by atoms with Crippen molar-refractivity contribution >= 4 is 23.1 Å². The van der Waals surface area contributed by atoms with E-state index >= 15 is 0 Å². The summed E-state index contributed by atoms with van der Waals surface area (Å²) >= 11 is 4.67. The second-order valence-corrected chi connectivity index (χ2v) is 5.91. The monoisotopic (exact) mass is 314 g/mol. The van der Waals surface area contributed by atoms with Crippen LogP contribution in [0, 0.1) is 0 Å². The van der Waals surface area contributed by atoms with Crippen LogP contribution in [0.4, 0.5) is 5.69 Å². The fraction of sp³-hybridized carbons (Fsp3) is 0.294. The lowest BCUT2D eigenvalue weighted by Gasteiger charge is -2.22. The summed E-state index contributed by atoms with van der Waals surface area (Å²) in [5.41, 5.74) is 1.54. The highest BCUT2D eigenvalue weighted by atomic mass is 32.1. The van der Waals surface area contributed by atoms with Gasteiger partial charge in [0.2, 0.25) is 11.8 Å². The number of thiocarbonyl (C=S) groups is 1. The third kappa shape index (κ3) is 3.70. The van der Waals surface area contributed by atoms with E-state index in [-0.39, 0.29) is 5.41 Å². The van der Waals surface area contributed by atoms with Gasteiger partial charge in [0.25, 0.3) is 0 Å². The molecule has 0 radical (unpaired) electrons. The number of hydrogen-bond acceptors (Lipinski definition) is 5. The van der Waals surface area contributed by atoms with Crippen molar-refractivity contribution in [3.05, 3.63) is 42.0 Å². The van der Waals surface area contributed by atoms with Crippen LogP contribution >= 0.6 is 12.2 Å². The van der Waals surface area contributed by atoms with E-state index in [1.807, 2.05) is 24.3 Å². The molecule has 22 heavy (non-hydrogen) atoms. The van der Waals surface area contributed by atoms with Gasteiger partial charge in [0, 0.05) is 11.6 Å². The minimum atomic E-state index is -0.0525. The molecule has 4 nitrogen and oxygen atoms in total. The first-order chi connectivity index (χ1) is 10.5. The number of hydrogen-bond donors (Lipinski definition) is 0. The zero-order valence-electron chi connectivity index (χ0n) is 13.1. The zero-order chi connectivity index (χ0) is 16.2. The lowest BCUT2D eigenvalue weighted by atomic mass is 9.86. The van der Waals surface area contributed by atoms with Gasteiger partial charge in [-0.2, -0.15) is 9.98 Å². The van der Waals surface area contributed by atoms with E-state index in [2.05, 4.69) is 48.1 Å². The van der Waals surface area contributed by atoms with E-state index in [0.29, 0.717) is 17.4 Å². The minimum absolute atomic E-state index is 0.0525. The Bertz CT molecular complexity index is 717. The van der Waals surface area contributed by atoms with Crippen LogP contribution in [0.2, 0.25) is 0 Å². The number of rotatable bonds is 4. The molecule has 0 aliphatic rings. The molecule has 2 aromatic rings. The molecular formula is C17H18N2O2S. The average molecular weight is 314 g/mol. The van der Waals surface area contributed by atoms with Crippen LogP contribution in [-0.2, 0) is 5.41 Å². The maximum Gasteiger partial charge on any atom is 0.249 e. The molecule has 0 N–H and O–H groups in total. The van der Waals surface area contributed by atoms with Crippen LogP contribution in [0.5, 0.6) is 17.5 Å². The number of pyridine rings is 1. The Labute approximate surface area is 135 Å². The highest BCUT2D eigenvalue weighted by Gasteiger charge is 2.20. The molecule has 2 rings (SSSR count). The number of isothiocyanates is 1. The van der Waals surface area contributed by atoms with E-state index < -0.39 is 0 Å². The molecule has 0 spiro atoms. The van der Waals surface area contributed by atoms with Crippen LogP contribution in [0.1, 0.15) is 26.3 Å². The van der Waals surface area contributed by atoms with Crippen LogP contribution in [-0.4, -0.2) is 17.3 Å². The van der Waals surface area contributed by atoms with Gasteiger partial charge < -0.3 is 9.47 Å². The molecule has 0 unspecified atom stereocenters. The van der Waals surface area contributed by atoms with Crippen molar-refractivity contribution in [2.45, 2.75) is 26.2 Å². The van der Waals surface area contributed by atoms with E-state index in [9.17, 15) is 0 Å². The number of para-hydroxylation sites is 1. The second kappa shape index (κ2) is 6.69. The number of methoxy groups -OCH3 is 1. The molecule has 0 atom stereocenters. The fourth-order valence-corrected chi connectivity index (χ4v) is 2.12. The van der Waals surface area contributed by atoms with Crippen molar-refractivity contribution in [2.24, 2.45) is 4.99 Å². The highest BCUT2D eigenvalue weighted by molar-refractivity contribution is 7.78. The quantitative estimate of drug-likeness (QED) is 0.594. The lowest BCUT2D eigenvalue weighted by molar-refractivity contribution is 0.381. The summed E-state index contributed by atoms with van der Waals surface area (Å²) in [4.78, 5) is 8.30. The summed E-state index contributed by atoms with van der Waals surface area (Å²) in [6.07, 6.45) is 0. The van der Waals surface area contributed by atoms with Gasteiger partial charge in [-0.3, -0.25) is 0 Å². The minimum Gasteiger partial charge on any atom is -0.481 e. The summed E-state index contributed by atoms with van der Waals surface area (Å²) in [5, 5.41) is 2.34. The highest BCUT2D eigenvalue weighted by Crippen LogP contribution is 2.37. The second-order valence-electron chi connectivity index (χ2n) is 5.73. The SMILES string of the molecule is COc1ccc(N=C=S)c(Oc2ccccc2C(C)(C)C)n1. The number of nitrogens with zero attached hydrogens (tertiary/aromatic N) is 2. The first-order valence-corrected chi connectivity index (χ1v) is 7.27. The fourth-order valence-electron chi connectivity index (χ4n) is 2.02. The van der Waals surface area contributed by atoms with E-state index in [0.717, 1.165) is 11.3 Å². The van der Waals surface area contributed by atoms with Crippen molar-refractivity contribution in [2.75, 3.05) is 7.11 Å². The molecule has 5 heteroatoms. The first kappa shape index (κ1) is 16.1. The molecule has 0 saturated heterocycles. The molecule has 0 bridgehead atoms. The molecule has 0 aliphatic carbocycles. The van der Waals surface area contributed by atoms with Gasteiger partial charge in [-0.25, -0.2) is 0 Å². The largest absolute Gasteiger partial charge is 0.481 e. The molecule has 0 fully saturated rings. The summed E-state index contributed by atoms with van der Waals surface area (Å²) < 4.78 is 11.1. The van der Waals surface area contributed by atoms with Crippen LogP contribution in [0.25, 0.3) is 0 Å². The normalized spacial score (nSPS) is 10.7. The molecule has 0 amide bonds. The standard InChI is InChI=1S/C17H18N2O2S/c1-17(2,3)12-7-5-6-8-14(12)21-16-13(18-11-22)9-10-15(19-16)20-4/h5-10H,1-4H3. The van der Waals surface area contributed by atoms with E-state index in [4.69, 9.17) is 9.47 Å². The van der Waals surface area contributed by atoms with Gasteiger partial charge in [-0.1, -0.05) is 39.0 Å². The van der Waals surface area contributed by atoms with Crippen molar-refractivity contribution in [1.29, 1.82) is 0 Å². The zero-order valence-corrected chi connectivity index (χ0v) is 13.9. The van der Waals surface area contributed by atoms with Gasteiger partial charge in [0.05, 0.1) is 12.3 Å². The number of ether oxygens (including phenoxy) is 2. The smallest absolute Gasteiger partial charge is 0.249 e. The van der Waals surface area contributed by atoms with Gasteiger partial charge in [-0.15, -0.1) is 0 Å². The van der Waals surface area contributed by atoms with Crippen molar-refractivity contribution in [3.63, 3.8) is 0 Å². The Balaban J connectivity index is 2.49. The van der Waals surface area contributed by atoms with E-state index in [1.54, 1.807) is 19.2 Å². The summed E-state index contributed by atoms with van der Waals surface area (Å²) in [6.45, 7) is 6.39. The summed E-state index contributed by atoms with van der Waals surface area (Å²) in [7, 11) is 1.55. The molecular weight excluding hydrogens is 296 g/mol. The van der Waals surface area contributed by atoms with Gasteiger partial charge in [0.1, 0.15) is 11.4 Å². The van der Waals surface area contributed by atoms with Crippen molar-refractivity contribution in [3.8, 4) is 17.5 Å². The van der Waals surface area contributed by atoms with E-state index in [1.165, 1.54) is 0 Å². The van der Waals surface area contributed by atoms with Crippen LogP contribution in [0.3, 0.4) is 0 Å². The topological polar surface area (TPSA) is 43.7 Å². The Morgan fingerprint density at radius 3 is 2.50 bits per heavy atom. The predicted molar refractivity (Wildman–Crippen MR) is 90.7 cm³/mol. The first-order valence-electron chi connectivity index (χ1n) is 6.86. The maximum atomic E-state index is 5.99.